The van der Waals surface area contributed by atoms with E-state index < -0.39 is 0 Å². The van der Waals surface area contributed by atoms with Gasteiger partial charge in [-0.25, -0.2) is 4.79 Å². The molecule has 3 N–H and O–H groups in total. The van der Waals surface area contributed by atoms with Crippen molar-refractivity contribution in [3.8, 4) is 5.75 Å². The highest BCUT2D eigenvalue weighted by Gasteiger charge is 2.29. The molecule has 0 aromatic heterocycles. The molecule has 1 aliphatic heterocycles. The molecule has 6 nitrogen and oxygen atoms in total. The van der Waals surface area contributed by atoms with Crippen LogP contribution in [0.1, 0.15) is 62.8 Å². The van der Waals surface area contributed by atoms with Gasteiger partial charge in [0.25, 0.3) is 0 Å². The van der Waals surface area contributed by atoms with Crippen molar-refractivity contribution in [2.75, 3.05) is 36.5 Å². The monoisotopic (exact) mass is 480 g/mol. The lowest BCUT2D eigenvalue weighted by Gasteiger charge is -2.23. The maximum Gasteiger partial charge on any atom is 0.324 e. The Balaban J connectivity index is 1.15. The molecule has 4 rings (SSSR count). The van der Waals surface area contributed by atoms with Gasteiger partial charge in [0.2, 0.25) is 0 Å². The largest absolute Gasteiger partial charge is 0.494 e. The van der Waals surface area contributed by atoms with E-state index in [4.69, 9.17) is 22.7 Å². The Morgan fingerprint density at radius 1 is 1.03 bits per heavy atom. The molecule has 0 spiro atoms. The van der Waals surface area contributed by atoms with Gasteiger partial charge in [-0.1, -0.05) is 37.5 Å². The Hall–Kier alpha value is -2.80. The summed E-state index contributed by atoms with van der Waals surface area (Å²) in [6.45, 7) is 3.00. The van der Waals surface area contributed by atoms with Crippen LogP contribution in [-0.4, -0.2) is 42.3 Å². The van der Waals surface area contributed by atoms with Gasteiger partial charge < -0.3 is 20.7 Å². The van der Waals surface area contributed by atoms with Crippen LogP contribution in [0.3, 0.4) is 0 Å². The highest BCUT2D eigenvalue weighted by atomic mass is 32.1. The SMILES string of the molecule is NC(=S)Nc1cccc(OCCCCCN2CCN(c3ccc(C4CCCCC4)cc3)C2=O)c1. The summed E-state index contributed by atoms with van der Waals surface area (Å²) >= 11 is 4.87. The maximum absolute atomic E-state index is 12.9. The Kier molecular flexibility index (Phi) is 8.63. The molecule has 0 radical (unpaired) electrons. The first-order chi connectivity index (χ1) is 16.6. The molecular weight excluding hydrogens is 444 g/mol. The highest BCUT2D eigenvalue weighted by molar-refractivity contribution is 7.80. The number of unbranched alkanes of at least 4 members (excludes halogenated alkanes) is 2. The standard InChI is InChI=1S/C27H36N4O2S/c28-26(34)29-23-10-7-11-25(20-23)33-19-6-2-5-16-30-17-18-31(27(30)32)24-14-12-22(13-15-24)21-8-3-1-4-9-21/h7,10-15,20-21H,1-6,8-9,16-19H2,(H3,28,29,34). The van der Waals surface area contributed by atoms with Gasteiger partial charge in [0.05, 0.1) is 6.61 Å². The van der Waals surface area contributed by atoms with Gasteiger partial charge in [0.15, 0.2) is 5.11 Å². The van der Waals surface area contributed by atoms with E-state index in [0.29, 0.717) is 12.5 Å². The Bertz CT molecular complexity index is 959. The van der Waals surface area contributed by atoms with E-state index in [-0.39, 0.29) is 11.1 Å². The average molecular weight is 481 g/mol. The van der Waals surface area contributed by atoms with E-state index in [9.17, 15) is 4.79 Å². The van der Waals surface area contributed by atoms with E-state index in [1.165, 1.54) is 37.7 Å². The van der Waals surface area contributed by atoms with Crippen molar-refractivity contribution in [1.29, 1.82) is 0 Å². The minimum Gasteiger partial charge on any atom is -0.494 e. The van der Waals surface area contributed by atoms with Crippen molar-refractivity contribution in [3.63, 3.8) is 0 Å². The Morgan fingerprint density at radius 3 is 2.59 bits per heavy atom. The predicted octanol–water partition coefficient (Wildman–Crippen LogP) is 5.88. The van der Waals surface area contributed by atoms with Crippen LogP contribution in [0.25, 0.3) is 0 Å². The molecular formula is C27H36N4O2S. The number of hydrogen-bond acceptors (Lipinski definition) is 3. The molecule has 1 saturated carbocycles. The highest BCUT2D eigenvalue weighted by Crippen LogP contribution is 2.33. The van der Waals surface area contributed by atoms with Gasteiger partial charge in [-0.05, 0) is 80.1 Å². The fourth-order valence-electron chi connectivity index (χ4n) is 4.97. The van der Waals surface area contributed by atoms with Crippen molar-refractivity contribution < 1.29 is 9.53 Å². The average Bonchev–Trinajstić information content (AvgIpc) is 3.22. The third-order valence-corrected chi connectivity index (χ3v) is 6.92. The number of carbonyl (C=O) groups is 1. The lowest BCUT2D eigenvalue weighted by molar-refractivity contribution is 0.219. The second kappa shape index (κ2) is 12.1. The van der Waals surface area contributed by atoms with Gasteiger partial charge in [0, 0.05) is 37.1 Å². The molecule has 1 saturated heterocycles. The zero-order chi connectivity index (χ0) is 23.8. The molecule has 1 aliphatic carbocycles. The normalized spacial score (nSPS) is 16.6. The van der Waals surface area contributed by atoms with Gasteiger partial charge in [-0.15, -0.1) is 0 Å². The smallest absolute Gasteiger partial charge is 0.324 e. The molecule has 2 aromatic rings. The first-order valence-corrected chi connectivity index (χ1v) is 13.0. The second-order valence-corrected chi connectivity index (χ2v) is 9.71. The molecule has 0 atom stereocenters. The summed E-state index contributed by atoms with van der Waals surface area (Å²) in [5, 5.41) is 3.15. The summed E-state index contributed by atoms with van der Waals surface area (Å²) in [7, 11) is 0. The summed E-state index contributed by atoms with van der Waals surface area (Å²) in [4.78, 5) is 16.8. The molecule has 34 heavy (non-hydrogen) atoms. The summed E-state index contributed by atoms with van der Waals surface area (Å²) in [6, 6.07) is 16.5. The van der Waals surface area contributed by atoms with Crippen LogP contribution in [0, 0.1) is 0 Å². The van der Waals surface area contributed by atoms with Crippen molar-refractivity contribution in [1.82, 2.24) is 4.90 Å². The number of rotatable bonds is 10. The van der Waals surface area contributed by atoms with E-state index in [1.54, 1.807) is 0 Å². The van der Waals surface area contributed by atoms with E-state index >= 15 is 0 Å². The molecule has 2 aromatic carbocycles. The zero-order valence-electron chi connectivity index (χ0n) is 19.9. The number of anilines is 2. The van der Waals surface area contributed by atoms with Crippen LogP contribution in [0.2, 0.25) is 0 Å². The van der Waals surface area contributed by atoms with Gasteiger partial charge >= 0.3 is 6.03 Å². The summed E-state index contributed by atoms with van der Waals surface area (Å²) < 4.78 is 5.84. The number of nitrogens with zero attached hydrogens (tertiary/aromatic N) is 2. The van der Waals surface area contributed by atoms with E-state index in [0.717, 1.165) is 56.0 Å². The number of hydrogen-bond donors (Lipinski definition) is 2. The predicted molar refractivity (Wildman–Crippen MR) is 143 cm³/mol. The first kappa shape index (κ1) is 24.3. The van der Waals surface area contributed by atoms with Crippen LogP contribution in [0.15, 0.2) is 48.5 Å². The molecule has 2 amide bonds. The van der Waals surface area contributed by atoms with Crippen LogP contribution >= 0.6 is 12.2 Å². The van der Waals surface area contributed by atoms with Gasteiger partial charge in [-0.3, -0.25) is 4.90 Å². The summed E-state index contributed by atoms with van der Waals surface area (Å²) in [6.07, 6.45) is 9.59. The van der Waals surface area contributed by atoms with Crippen molar-refractivity contribution in [2.45, 2.75) is 57.3 Å². The van der Waals surface area contributed by atoms with Crippen LogP contribution in [0.4, 0.5) is 16.2 Å². The Morgan fingerprint density at radius 2 is 1.82 bits per heavy atom. The quantitative estimate of drug-likeness (QED) is 0.328. The second-order valence-electron chi connectivity index (χ2n) is 9.27. The topological polar surface area (TPSA) is 70.8 Å². The molecule has 0 bridgehead atoms. The zero-order valence-corrected chi connectivity index (χ0v) is 20.7. The maximum atomic E-state index is 12.9. The van der Waals surface area contributed by atoms with Crippen molar-refractivity contribution in [3.05, 3.63) is 54.1 Å². The number of benzene rings is 2. The van der Waals surface area contributed by atoms with Crippen LogP contribution in [-0.2, 0) is 0 Å². The lowest BCUT2D eigenvalue weighted by atomic mass is 9.84. The Labute approximate surface area is 208 Å². The summed E-state index contributed by atoms with van der Waals surface area (Å²) in [5.74, 6) is 1.49. The molecule has 7 heteroatoms. The van der Waals surface area contributed by atoms with Crippen molar-refractivity contribution >= 4 is 34.7 Å². The molecule has 0 unspecified atom stereocenters. The number of ether oxygens (including phenoxy) is 1. The molecule has 1 heterocycles. The minimum atomic E-state index is 0.129. The lowest BCUT2D eigenvalue weighted by Crippen LogP contribution is -2.32. The fourth-order valence-corrected chi connectivity index (χ4v) is 5.09. The number of amides is 2. The van der Waals surface area contributed by atoms with E-state index in [1.807, 2.05) is 34.1 Å². The number of thiocarbonyl (C=S) groups is 1. The fraction of sp³-hybridized carbons (Fsp3) is 0.481. The van der Waals surface area contributed by atoms with Crippen molar-refractivity contribution in [2.24, 2.45) is 5.73 Å². The van der Waals surface area contributed by atoms with Gasteiger partial charge in [0.1, 0.15) is 5.75 Å². The third kappa shape index (κ3) is 6.63. The first-order valence-electron chi connectivity index (χ1n) is 12.6. The minimum absolute atomic E-state index is 0.129. The number of nitrogens with one attached hydrogen (secondary N) is 1. The van der Waals surface area contributed by atoms with Crippen LogP contribution in [0.5, 0.6) is 5.75 Å². The molecule has 2 fully saturated rings. The van der Waals surface area contributed by atoms with E-state index in [2.05, 4.69) is 29.6 Å². The van der Waals surface area contributed by atoms with Crippen LogP contribution < -0.4 is 20.7 Å². The third-order valence-electron chi connectivity index (χ3n) is 6.82. The number of carbonyl (C=O) groups excluding carboxylic acids is 1. The van der Waals surface area contributed by atoms with Gasteiger partial charge in [-0.2, -0.15) is 0 Å². The number of urea groups is 1. The number of nitrogens with two attached hydrogens (primary N) is 1. The molecule has 2 aliphatic rings. The molecule has 182 valence electrons. The summed E-state index contributed by atoms with van der Waals surface area (Å²) in [5.41, 5.74) is 8.79.